The minimum atomic E-state index is 0.603. The van der Waals surface area contributed by atoms with Gasteiger partial charge in [0.25, 0.3) is 0 Å². The van der Waals surface area contributed by atoms with Gasteiger partial charge < -0.3 is 10.6 Å². The van der Waals surface area contributed by atoms with Crippen LogP contribution in [0.5, 0.6) is 0 Å². The summed E-state index contributed by atoms with van der Waals surface area (Å²) < 4.78 is 0. The van der Waals surface area contributed by atoms with E-state index in [1.165, 1.54) is 0 Å². The number of hydrogen-bond donors (Lipinski definition) is 2. The second-order valence-corrected chi connectivity index (χ2v) is 4.24. The Kier molecular flexibility index (Phi) is 4.36. The van der Waals surface area contributed by atoms with E-state index in [-0.39, 0.29) is 0 Å². The minimum absolute atomic E-state index is 0.603. The third kappa shape index (κ3) is 3.36. The Hall–Kier alpha value is -0.800. The summed E-state index contributed by atoms with van der Waals surface area (Å²) in [5.74, 6) is 0. The highest BCUT2D eigenvalue weighted by molar-refractivity contribution is 7.80. The highest BCUT2D eigenvalue weighted by atomic mass is 35.5. The van der Waals surface area contributed by atoms with Crippen LogP contribution in [0, 0.1) is 13.8 Å². The standard InChI is InChI=1S/C11H15ClN2S/c1-4-13-11(15)14-10-8(3)5-7(2)6-9(10)12/h5-6H,4H2,1-3H3,(H2,13,14,15). The number of rotatable bonds is 2. The van der Waals surface area contributed by atoms with Gasteiger partial charge in [-0.25, -0.2) is 0 Å². The molecule has 15 heavy (non-hydrogen) atoms. The SMILES string of the molecule is CCNC(=S)Nc1c(C)cc(C)cc1Cl. The van der Waals surface area contributed by atoms with Crippen molar-refractivity contribution in [1.82, 2.24) is 5.32 Å². The lowest BCUT2D eigenvalue weighted by atomic mass is 10.1. The quantitative estimate of drug-likeness (QED) is 0.779. The lowest BCUT2D eigenvalue weighted by Gasteiger charge is -2.13. The van der Waals surface area contributed by atoms with E-state index in [0.717, 1.165) is 23.4 Å². The molecule has 0 saturated heterocycles. The second-order valence-electron chi connectivity index (χ2n) is 3.42. The largest absolute Gasteiger partial charge is 0.363 e. The number of hydrogen-bond acceptors (Lipinski definition) is 1. The molecule has 0 saturated carbocycles. The molecule has 0 atom stereocenters. The van der Waals surface area contributed by atoms with Gasteiger partial charge in [0.05, 0.1) is 10.7 Å². The van der Waals surface area contributed by atoms with E-state index in [0.29, 0.717) is 10.1 Å². The predicted octanol–water partition coefficient (Wildman–Crippen LogP) is 3.26. The van der Waals surface area contributed by atoms with E-state index in [1.807, 2.05) is 26.8 Å². The number of anilines is 1. The Bertz CT molecular complexity index is 354. The van der Waals surface area contributed by atoms with Crippen molar-refractivity contribution in [3.63, 3.8) is 0 Å². The zero-order valence-corrected chi connectivity index (χ0v) is 10.7. The molecular formula is C11H15ClN2S. The van der Waals surface area contributed by atoms with Crippen LogP contribution in [-0.2, 0) is 0 Å². The highest BCUT2D eigenvalue weighted by Crippen LogP contribution is 2.27. The summed E-state index contributed by atoms with van der Waals surface area (Å²) in [6.07, 6.45) is 0. The van der Waals surface area contributed by atoms with Crippen LogP contribution < -0.4 is 10.6 Å². The Morgan fingerprint density at radius 1 is 1.40 bits per heavy atom. The van der Waals surface area contributed by atoms with Gasteiger partial charge >= 0.3 is 0 Å². The minimum Gasteiger partial charge on any atom is -0.363 e. The van der Waals surface area contributed by atoms with Crippen molar-refractivity contribution in [2.45, 2.75) is 20.8 Å². The maximum absolute atomic E-state index is 6.13. The first-order valence-corrected chi connectivity index (χ1v) is 5.64. The van der Waals surface area contributed by atoms with E-state index in [2.05, 4.69) is 16.7 Å². The van der Waals surface area contributed by atoms with Crippen molar-refractivity contribution in [2.24, 2.45) is 0 Å². The fourth-order valence-electron chi connectivity index (χ4n) is 1.39. The molecule has 0 bridgehead atoms. The summed E-state index contributed by atoms with van der Waals surface area (Å²) in [4.78, 5) is 0. The Morgan fingerprint density at radius 2 is 2.07 bits per heavy atom. The van der Waals surface area contributed by atoms with Gasteiger partial charge in [-0.3, -0.25) is 0 Å². The second kappa shape index (κ2) is 5.33. The molecule has 1 aromatic carbocycles. The Morgan fingerprint density at radius 3 is 2.60 bits per heavy atom. The summed E-state index contributed by atoms with van der Waals surface area (Å²) in [6.45, 7) is 6.83. The summed E-state index contributed by atoms with van der Waals surface area (Å²) in [7, 11) is 0. The molecule has 2 N–H and O–H groups in total. The Labute approximate surface area is 101 Å². The van der Waals surface area contributed by atoms with Gasteiger partial charge in [0.2, 0.25) is 0 Å². The first kappa shape index (κ1) is 12.3. The van der Waals surface area contributed by atoms with Gasteiger partial charge in [-0.05, 0) is 50.2 Å². The van der Waals surface area contributed by atoms with Gasteiger partial charge in [-0.15, -0.1) is 0 Å². The molecular weight excluding hydrogens is 228 g/mol. The molecule has 0 amide bonds. The van der Waals surface area contributed by atoms with Crippen molar-refractivity contribution < 1.29 is 0 Å². The van der Waals surface area contributed by atoms with Gasteiger partial charge in [-0.1, -0.05) is 17.7 Å². The van der Waals surface area contributed by atoms with E-state index < -0.39 is 0 Å². The molecule has 82 valence electrons. The molecule has 0 heterocycles. The molecule has 2 nitrogen and oxygen atoms in total. The predicted molar refractivity (Wildman–Crippen MR) is 70.8 cm³/mol. The van der Waals surface area contributed by atoms with E-state index >= 15 is 0 Å². The number of nitrogens with one attached hydrogen (secondary N) is 2. The molecule has 0 aromatic heterocycles. The third-order valence-electron chi connectivity index (χ3n) is 2.01. The van der Waals surface area contributed by atoms with Gasteiger partial charge in [0, 0.05) is 6.54 Å². The van der Waals surface area contributed by atoms with Crippen LogP contribution in [0.2, 0.25) is 5.02 Å². The van der Waals surface area contributed by atoms with E-state index in [4.69, 9.17) is 23.8 Å². The first-order valence-electron chi connectivity index (χ1n) is 4.86. The summed E-state index contributed by atoms with van der Waals surface area (Å²) in [5, 5.41) is 7.42. The van der Waals surface area contributed by atoms with Crippen LogP contribution in [0.1, 0.15) is 18.1 Å². The van der Waals surface area contributed by atoms with E-state index in [1.54, 1.807) is 0 Å². The lowest BCUT2D eigenvalue weighted by molar-refractivity contribution is 0.979. The molecule has 1 rings (SSSR count). The van der Waals surface area contributed by atoms with Crippen molar-refractivity contribution in [3.8, 4) is 0 Å². The molecule has 4 heteroatoms. The van der Waals surface area contributed by atoms with Crippen LogP contribution in [0.25, 0.3) is 0 Å². The van der Waals surface area contributed by atoms with Crippen molar-refractivity contribution in [2.75, 3.05) is 11.9 Å². The normalized spacial score (nSPS) is 9.87. The fourth-order valence-corrected chi connectivity index (χ4v) is 2.01. The highest BCUT2D eigenvalue weighted by Gasteiger charge is 2.06. The van der Waals surface area contributed by atoms with Gasteiger partial charge in [0.1, 0.15) is 0 Å². The molecule has 0 spiro atoms. The smallest absolute Gasteiger partial charge is 0.170 e. The molecule has 0 aliphatic carbocycles. The fraction of sp³-hybridized carbons (Fsp3) is 0.364. The van der Waals surface area contributed by atoms with Crippen LogP contribution >= 0.6 is 23.8 Å². The summed E-state index contributed by atoms with van der Waals surface area (Å²) in [6, 6.07) is 3.99. The van der Waals surface area contributed by atoms with Gasteiger partial charge in [-0.2, -0.15) is 0 Å². The van der Waals surface area contributed by atoms with Gasteiger partial charge in [0.15, 0.2) is 5.11 Å². The van der Waals surface area contributed by atoms with Crippen molar-refractivity contribution in [3.05, 3.63) is 28.3 Å². The maximum Gasteiger partial charge on any atom is 0.170 e. The van der Waals surface area contributed by atoms with Crippen molar-refractivity contribution in [1.29, 1.82) is 0 Å². The molecule has 0 radical (unpaired) electrons. The molecule has 0 unspecified atom stereocenters. The average molecular weight is 243 g/mol. The first-order chi connectivity index (χ1) is 7.04. The lowest BCUT2D eigenvalue weighted by Crippen LogP contribution is -2.28. The zero-order chi connectivity index (χ0) is 11.4. The number of aryl methyl sites for hydroxylation is 2. The summed E-state index contributed by atoms with van der Waals surface area (Å²) in [5.41, 5.74) is 3.13. The maximum atomic E-state index is 6.13. The number of thiocarbonyl (C=S) groups is 1. The summed E-state index contributed by atoms with van der Waals surface area (Å²) >= 11 is 11.2. The Balaban J connectivity index is 2.90. The molecule has 0 fully saturated rings. The van der Waals surface area contributed by atoms with Crippen LogP contribution in [0.15, 0.2) is 12.1 Å². The molecule has 0 aliphatic rings. The monoisotopic (exact) mass is 242 g/mol. The van der Waals surface area contributed by atoms with Crippen LogP contribution in [-0.4, -0.2) is 11.7 Å². The van der Waals surface area contributed by atoms with Crippen LogP contribution in [0.3, 0.4) is 0 Å². The molecule has 1 aromatic rings. The molecule has 0 aliphatic heterocycles. The van der Waals surface area contributed by atoms with Crippen LogP contribution in [0.4, 0.5) is 5.69 Å². The zero-order valence-electron chi connectivity index (χ0n) is 9.15. The topological polar surface area (TPSA) is 24.1 Å². The van der Waals surface area contributed by atoms with E-state index in [9.17, 15) is 0 Å². The number of benzene rings is 1. The van der Waals surface area contributed by atoms with Crippen molar-refractivity contribution >= 4 is 34.6 Å². The number of halogens is 1. The average Bonchev–Trinajstić information content (AvgIpc) is 2.11. The third-order valence-corrected chi connectivity index (χ3v) is 2.55.